The summed E-state index contributed by atoms with van der Waals surface area (Å²) in [6, 6.07) is 10.3. The van der Waals surface area contributed by atoms with Crippen LogP contribution < -0.4 is 0 Å². The maximum Gasteiger partial charge on any atom is 0.177 e. The molecular weight excluding hydrogens is 240 g/mol. The first-order valence-corrected chi connectivity index (χ1v) is 7.09. The molecule has 0 N–H and O–H groups in total. The Hall–Kier alpha value is -1.41. The van der Waals surface area contributed by atoms with Gasteiger partial charge in [0, 0.05) is 11.3 Å². The van der Waals surface area contributed by atoms with Crippen LogP contribution in [0.3, 0.4) is 0 Å². The molecule has 0 unspecified atom stereocenters. The fraction of sp³-hybridized carbons (Fsp3) is 0.312. The number of ketones is 1. The topological polar surface area (TPSA) is 17.1 Å². The Morgan fingerprint density at radius 1 is 1.11 bits per heavy atom. The Morgan fingerprint density at radius 2 is 1.78 bits per heavy atom. The van der Waals surface area contributed by atoms with Crippen molar-refractivity contribution in [2.45, 2.75) is 33.6 Å². The Kier molecular flexibility index (Phi) is 3.97. The fourth-order valence-corrected chi connectivity index (χ4v) is 3.05. The second-order valence-corrected chi connectivity index (χ2v) is 5.88. The highest BCUT2D eigenvalue weighted by Crippen LogP contribution is 2.19. The van der Waals surface area contributed by atoms with Crippen LogP contribution in [0, 0.1) is 13.8 Å². The van der Waals surface area contributed by atoms with Crippen molar-refractivity contribution < 1.29 is 4.79 Å². The minimum atomic E-state index is 0.227. The monoisotopic (exact) mass is 258 g/mol. The van der Waals surface area contributed by atoms with Gasteiger partial charge >= 0.3 is 0 Å². The molecule has 0 bridgehead atoms. The van der Waals surface area contributed by atoms with Crippen LogP contribution in [0.4, 0.5) is 0 Å². The van der Waals surface area contributed by atoms with Crippen LogP contribution in [0.5, 0.6) is 0 Å². The predicted molar refractivity (Wildman–Crippen MR) is 77.6 cm³/mol. The van der Waals surface area contributed by atoms with Gasteiger partial charge in [-0.05, 0) is 38.0 Å². The molecule has 0 atom stereocenters. The molecule has 0 aliphatic rings. The lowest BCUT2D eigenvalue weighted by atomic mass is 10.0. The van der Waals surface area contributed by atoms with Crippen LogP contribution in [0.1, 0.15) is 38.2 Å². The summed E-state index contributed by atoms with van der Waals surface area (Å²) in [7, 11) is 0. The van der Waals surface area contributed by atoms with Gasteiger partial charge in [0.05, 0.1) is 4.88 Å². The zero-order valence-electron chi connectivity index (χ0n) is 11.1. The lowest BCUT2D eigenvalue weighted by Crippen LogP contribution is -2.01. The van der Waals surface area contributed by atoms with E-state index in [1.807, 2.05) is 6.07 Å². The van der Waals surface area contributed by atoms with E-state index in [1.165, 1.54) is 16.0 Å². The number of benzene rings is 1. The first-order chi connectivity index (χ1) is 8.58. The van der Waals surface area contributed by atoms with Crippen molar-refractivity contribution in [3.63, 3.8) is 0 Å². The van der Waals surface area contributed by atoms with E-state index in [4.69, 9.17) is 0 Å². The summed E-state index contributed by atoms with van der Waals surface area (Å²) >= 11 is 1.62. The van der Waals surface area contributed by atoms with Gasteiger partial charge in [-0.15, -0.1) is 11.3 Å². The van der Waals surface area contributed by atoms with E-state index in [2.05, 4.69) is 45.0 Å². The fourth-order valence-electron chi connectivity index (χ4n) is 2.16. The van der Waals surface area contributed by atoms with E-state index in [1.54, 1.807) is 11.3 Å². The van der Waals surface area contributed by atoms with E-state index in [9.17, 15) is 4.79 Å². The maximum atomic E-state index is 12.2. The second-order valence-electron chi connectivity index (χ2n) is 4.72. The molecule has 94 valence electrons. The molecule has 1 aromatic heterocycles. The summed E-state index contributed by atoms with van der Waals surface area (Å²) in [6.07, 6.45) is 1.51. The van der Waals surface area contributed by atoms with Crippen LogP contribution in [0.15, 0.2) is 30.3 Å². The summed E-state index contributed by atoms with van der Waals surface area (Å²) < 4.78 is 0. The zero-order valence-corrected chi connectivity index (χ0v) is 11.9. The Morgan fingerprint density at radius 3 is 2.33 bits per heavy atom. The van der Waals surface area contributed by atoms with Crippen molar-refractivity contribution in [2.75, 3.05) is 0 Å². The van der Waals surface area contributed by atoms with Gasteiger partial charge in [0.25, 0.3) is 0 Å². The predicted octanol–water partition coefficient (Wildman–Crippen LogP) is 4.35. The third kappa shape index (κ3) is 3.08. The number of aryl methyl sites for hydroxylation is 3. The second kappa shape index (κ2) is 5.49. The van der Waals surface area contributed by atoms with E-state index in [-0.39, 0.29) is 5.78 Å². The number of rotatable bonds is 4. The SMILES string of the molecule is CCc1ccc(C(=O)Cc2cc(C)cc(C)c2)s1. The Bertz CT molecular complexity index is 546. The van der Waals surface area contributed by atoms with Gasteiger partial charge in [0.15, 0.2) is 5.78 Å². The van der Waals surface area contributed by atoms with Crippen LogP contribution in [-0.2, 0) is 12.8 Å². The van der Waals surface area contributed by atoms with Gasteiger partial charge < -0.3 is 0 Å². The number of carbonyl (C=O) groups is 1. The van der Waals surface area contributed by atoms with Crippen molar-refractivity contribution >= 4 is 17.1 Å². The molecule has 0 saturated carbocycles. The number of carbonyl (C=O) groups excluding carboxylic acids is 1. The highest BCUT2D eigenvalue weighted by Gasteiger charge is 2.10. The van der Waals surface area contributed by atoms with Crippen molar-refractivity contribution in [1.29, 1.82) is 0 Å². The van der Waals surface area contributed by atoms with Gasteiger partial charge in [0.2, 0.25) is 0 Å². The van der Waals surface area contributed by atoms with Crippen molar-refractivity contribution in [2.24, 2.45) is 0 Å². The minimum absolute atomic E-state index is 0.227. The average Bonchev–Trinajstić information content (AvgIpc) is 2.75. The molecule has 0 amide bonds. The molecule has 1 nitrogen and oxygen atoms in total. The molecule has 0 fully saturated rings. The van der Waals surface area contributed by atoms with E-state index in [0.29, 0.717) is 6.42 Å². The number of Topliss-reactive ketones (excluding diaryl/α,β-unsaturated/α-hetero) is 1. The summed E-state index contributed by atoms with van der Waals surface area (Å²) in [5.41, 5.74) is 3.56. The molecule has 0 spiro atoms. The molecule has 2 heteroatoms. The quantitative estimate of drug-likeness (QED) is 0.745. The van der Waals surface area contributed by atoms with Crippen LogP contribution in [0.25, 0.3) is 0 Å². The molecule has 0 aliphatic carbocycles. The molecule has 1 aromatic carbocycles. The summed E-state index contributed by atoms with van der Waals surface area (Å²) in [5.74, 6) is 0.227. The molecule has 0 aliphatic heterocycles. The van der Waals surface area contributed by atoms with Gasteiger partial charge in [-0.25, -0.2) is 0 Å². The van der Waals surface area contributed by atoms with Crippen LogP contribution in [0.2, 0.25) is 0 Å². The van der Waals surface area contributed by atoms with Crippen molar-refractivity contribution in [1.82, 2.24) is 0 Å². The molecule has 1 heterocycles. The van der Waals surface area contributed by atoms with Gasteiger partial charge in [-0.1, -0.05) is 36.2 Å². The smallest absolute Gasteiger partial charge is 0.177 e. The normalized spacial score (nSPS) is 10.6. The van der Waals surface area contributed by atoms with Crippen molar-refractivity contribution in [3.8, 4) is 0 Å². The van der Waals surface area contributed by atoms with E-state index >= 15 is 0 Å². The summed E-state index contributed by atoms with van der Waals surface area (Å²) in [6.45, 7) is 6.26. The minimum Gasteiger partial charge on any atom is -0.293 e. The Labute approximate surface area is 112 Å². The third-order valence-electron chi connectivity index (χ3n) is 2.93. The van der Waals surface area contributed by atoms with E-state index < -0.39 is 0 Å². The molecule has 18 heavy (non-hydrogen) atoms. The summed E-state index contributed by atoms with van der Waals surface area (Å²) in [5, 5.41) is 0. The zero-order chi connectivity index (χ0) is 13.1. The average molecular weight is 258 g/mol. The number of thiophene rings is 1. The summed E-state index contributed by atoms with van der Waals surface area (Å²) in [4.78, 5) is 14.3. The molecule has 0 radical (unpaired) electrons. The standard InChI is InChI=1S/C16H18OS/c1-4-14-5-6-16(18-14)15(17)10-13-8-11(2)7-12(3)9-13/h5-9H,4,10H2,1-3H3. The van der Waals surface area contributed by atoms with Gasteiger partial charge in [-0.3, -0.25) is 4.79 Å². The van der Waals surface area contributed by atoms with Crippen molar-refractivity contribution in [3.05, 3.63) is 56.8 Å². The van der Waals surface area contributed by atoms with E-state index in [0.717, 1.165) is 16.9 Å². The highest BCUT2D eigenvalue weighted by molar-refractivity contribution is 7.14. The number of hydrogen-bond donors (Lipinski definition) is 0. The maximum absolute atomic E-state index is 12.2. The third-order valence-corrected chi connectivity index (χ3v) is 4.20. The van der Waals surface area contributed by atoms with Crippen LogP contribution >= 0.6 is 11.3 Å². The Balaban J connectivity index is 2.15. The van der Waals surface area contributed by atoms with Gasteiger partial charge in [-0.2, -0.15) is 0 Å². The van der Waals surface area contributed by atoms with Gasteiger partial charge in [0.1, 0.15) is 0 Å². The molecular formula is C16H18OS. The lowest BCUT2D eigenvalue weighted by molar-refractivity contribution is 0.0997. The first kappa shape index (κ1) is 13.0. The number of hydrogen-bond acceptors (Lipinski definition) is 2. The van der Waals surface area contributed by atoms with Crippen LogP contribution in [-0.4, -0.2) is 5.78 Å². The first-order valence-electron chi connectivity index (χ1n) is 6.27. The lowest BCUT2D eigenvalue weighted by Gasteiger charge is -2.03. The molecule has 2 aromatic rings. The molecule has 2 rings (SSSR count). The molecule has 0 saturated heterocycles. The highest BCUT2D eigenvalue weighted by atomic mass is 32.1. The largest absolute Gasteiger partial charge is 0.293 e.